The summed E-state index contributed by atoms with van der Waals surface area (Å²) < 4.78 is 5.60. The van der Waals surface area contributed by atoms with E-state index in [0.717, 1.165) is 0 Å². The van der Waals surface area contributed by atoms with E-state index in [1.165, 1.54) is 105 Å². The zero-order valence-electron chi connectivity index (χ0n) is 25.8. The molecule has 3 atom stereocenters. The van der Waals surface area contributed by atoms with Gasteiger partial charge in [-0.2, -0.15) is 0 Å². The number of thioether (sulfide) groups is 1. The maximum Gasteiger partial charge on any atom is 0.332 e. The maximum absolute atomic E-state index is 12.2. The minimum absolute atomic E-state index is 0.276. The molecule has 2 aliphatic heterocycles. The average molecular weight is 570 g/mol. The average Bonchev–Trinajstić information content (AvgIpc) is 3.14. The van der Waals surface area contributed by atoms with E-state index in [2.05, 4.69) is 33.0 Å². The number of rotatable bonds is 17. The highest BCUT2D eigenvalue weighted by atomic mass is 32.2. The van der Waals surface area contributed by atoms with Crippen molar-refractivity contribution >= 4 is 29.6 Å². The Morgan fingerprint density at radius 3 is 1.82 bits per heavy atom. The summed E-state index contributed by atoms with van der Waals surface area (Å²) >= 11 is 1.42. The number of carboxylic acid groups (broad SMARTS) is 1. The van der Waals surface area contributed by atoms with Crippen LogP contribution in [0, 0.1) is 0 Å². The number of nitrogens with one attached hydrogen (secondary N) is 1. The number of nitrogens with zero attached hydrogens (tertiary/aromatic N) is 2. The molecule has 2 heterocycles. The van der Waals surface area contributed by atoms with Gasteiger partial charge < -0.3 is 29.3 Å². The summed E-state index contributed by atoms with van der Waals surface area (Å²) in [6.07, 6.45) is 12.3. The Bertz CT molecular complexity index is 779. The van der Waals surface area contributed by atoms with Gasteiger partial charge in [0.05, 0.1) is 44.8 Å². The van der Waals surface area contributed by atoms with E-state index in [4.69, 9.17) is 4.74 Å². The highest BCUT2D eigenvalue weighted by Gasteiger charge is 2.61. The molecule has 226 valence electrons. The van der Waals surface area contributed by atoms with Crippen LogP contribution in [0.5, 0.6) is 0 Å². The zero-order valence-corrected chi connectivity index (χ0v) is 26.7. The van der Waals surface area contributed by atoms with Crippen LogP contribution in [0.2, 0.25) is 0 Å². The number of aliphatic carboxylic acids is 1. The molecule has 0 aliphatic carbocycles. The molecule has 0 radical (unpaired) electrons. The third-order valence-corrected chi connectivity index (χ3v) is 9.18. The lowest BCUT2D eigenvalue weighted by Gasteiger charge is -2.45. The molecular formula is C30H55N3O5S. The van der Waals surface area contributed by atoms with Crippen molar-refractivity contribution in [3.05, 3.63) is 11.8 Å². The molecule has 1 unspecified atom stereocenters. The fraction of sp³-hybridized carbons (Fsp3) is 0.833. The Hall–Kier alpha value is -1.74. The number of carbonyl (C=O) groups excluding carboxylic acids is 3. The number of unbranched alkanes of at least 4 members (excludes halogenated alkanes) is 4. The quantitative estimate of drug-likeness (QED) is 0.121. The van der Waals surface area contributed by atoms with Crippen molar-refractivity contribution in [2.24, 2.45) is 0 Å². The van der Waals surface area contributed by atoms with E-state index in [9.17, 15) is 19.5 Å². The van der Waals surface area contributed by atoms with Gasteiger partial charge in [-0.1, -0.05) is 53.4 Å². The summed E-state index contributed by atoms with van der Waals surface area (Å²) in [4.78, 5) is 36.2. The number of carbonyl (C=O) groups is 3. The van der Waals surface area contributed by atoms with Crippen molar-refractivity contribution in [1.29, 1.82) is 0 Å². The molecule has 0 aromatic carbocycles. The molecular weight excluding hydrogens is 514 g/mol. The number of hydrogen-bond donors (Lipinski definition) is 1. The van der Waals surface area contributed by atoms with Gasteiger partial charge >= 0.3 is 5.97 Å². The van der Waals surface area contributed by atoms with Crippen molar-refractivity contribution < 1.29 is 28.7 Å². The number of fused-ring (bicyclic) bond motifs is 1. The van der Waals surface area contributed by atoms with Crippen LogP contribution in [0.15, 0.2) is 11.8 Å². The predicted octanol–water partition coefficient (Wildman–Crippen LogP) is 4.23. The van der Waals surface area contributed by atoms with Gasteiger partial charge in [0.1, 0.15) is 11.4 Å². The second-order valence-electron chi connectivity index (χ2n) is 11.4. The largest absolute Gasteiger partial charge is 0.548 e. The number of amides is 1. The smallest absolute Gasteiger partial charge is 0.332 e. The second-order valence-corrected chi connectivity index (χ2v) is 13.2. The summed E-state index contributed by atoms with van der Waals surface area (Å²) in [5.41, 5.74) is 0.506. The molecule has 2 rings (SSSR count). The molecule has 2 fully saturated rings. The molecule has 8 nitrogen and oxygen atoms in total. The van der Waals surface area contributed by atoms with Crippen LogP contribution in [0.25, 0.3) is 0 Å². The van der Waals surface area contributed by atoms with Crippen LogP contribution < -0.4 is 10.4 Å². The van der Waals surface area contributed by atoms with Gasteiger partial charge in [-0.15, -0.1) is 11.8 Å². The SMILES string of the molecule is CCCC[N+](CCCC)(CCCC)CCCC.CCOC(=O)/C=C(\C)NC1C(=O)N2[C@@H]1SC(C)(C)[C@@H]2C(=O)[O-]. The standard InChI is InChI=1S/C16H36N.C14H20N2O5S/c1-5-9-13-17(14-10-6-2,15-11-7-3)16-12-8-4;1-5-21-8(17)6-7(2)15-9-11(18)16-10(13(19)20)14(3,4)22-12(9)16/h5-16H2,1-4H3;6,9-10,12,15H,5H2,1-4H3,(H,19,20)/q+1;/p-1/b;7-6+/t;9?,10-,12+/m.0/s1. The molecule has 0 spiro atoms. The van der Waals surface area contributed by atoms with Gasteiger partial charge in [-0.05, 0) is 53.4 Å². The molecule has 1 amide bonds. The number of β-lactam (4-membered cyclic amide) rings is 1. The first-order chi connectivity index (χ1) is 18.4. The summed E-state index contributed by atoms with van der Waals surface area (Å²) in [6, 6.07) is -1.48. The van der Waals surface area contributed by atoms with E-state index < -0.39 is 28.8 Å². The lowest BCUT2D eigenvalue weighted by Crippen LogP contribution is -2.70. The van der Waals surface area contributed by atoms with Gasteiger partial charge in [-0.3, -0.25) is 4.79 Å². The van der Waals surface area contributed by atoms with E-state index in [1.54, 1.807) is 27.7 Å². The molecule has 0 saturated carbocycles. The molecule has 2 aliphatic rings. The van der Waals surface area contributed by atoms with Crippen LogP contribution in [0.4, 0.5) is 0 Å². The summed E-state index contributed by atoms with van der Waals surface area (Å²) in [6.45, 7) is 22.2. The zero-order chi connectivity index (χ0) is 29.6. The van der Waals surface area contributed by atoms with Gasteiger partial charge in [0.25, 0.3) is 0 Å². The first-order valence-electron chi connectivity index (χ1n) is 15.1. The van der Waals surface area contributed by atoms with Gasteiger partial charge in [0, 0.05) is 16.5 Å². The van der Waals surface area contributed by atoms with Crippen molar-refractivity contribution in [3.63, 3.8) is 0 Å². The Morgan fingerprint density at radius 1 is 0.974 bits per heavy atom. The Labute approximate surface area is 241 Å². The van der Waals surface area contributed by atoms with Crippen molar-refractivity contribution in [1.82, 2.24) is 10.2 Å². The highest BCUT2D eigenvalue weighted by molar-refractivity contribution is 8.01. The summed E-state index contributed by atoms with van der Waals surface area (Å²) in [5, 5.41) is 14.0. The molecule has 2 saturated heterocycles. The minimum atomic E-state index is -1.24. The Morgan fingerprint density at radius 2 is 1.44 bits per heavy atom. The Kier molecular flexibility index (Phi) is 15.5. The number of ether oxygens (including phenoxy) is 1. The number of allylic oxidation sites excluding steroid dienone is 1. The first kappa shape index (κ1) is 35.3. The monoisotopic (exact) mass is 569 g/mol. The molecule has 9 heteroatoms. The Balaban J connectivity index is 0.000000406. The third kappa shape index (κ3) is 10.3. The molecule has 0 aromatic heterocycles. The van der Waals surface area contributed by atoms with E-state index >= 15 is 0 Å². The number of hydrogen-bond acceptors (Lipinski definition) is 7. The lowest BCUT2D eigenvalue weighted by atomic mass is 9.96. The fourth-order valence-corrected chi connectivity index (χ4v) is 7.04. The van der Waals surface area contributed by atoms with Gasteiger partial charge in [-0.25, -0.2) is 4.79 Å². The molecule has 0 bridgehead atoms. The van der Waals surface area contributed by atoms with E-state index in [-0.39, 0.29) is 17.9 Å². The van der Waals surface area contributed by atoms with Crippen LogP contribution in [-0.2, 0) is 19.1 Å². The number of esters is 1. The van der Waals surface area contributed by atoms with Crippen LogP contribution in [0.1, 0.15) is 107 Å². The molecule has 1 N–H and O–H groups in total. The topological polar surface area (TPSA) is 98.8 Å². The molecule has 0 aromatic rings. The maximum atomic E-state index is 12.2. The van der Waals surface area contributed by atoms with Crippen LogP contribution in [0.3, 0.4) is 0 Å². The molecule has 39 heavy (non-hydrogen) atoms. The third-order valence-electron chi connectivity index (χ3n) is 7.61. The predicted molar refractivity (Wildman–Crippen MR) is 158 cm³/mol. The van der Waals surface area contributed by atoms with Crippen LogP contribution >= 0.6 is 11.8 Å². The van der Waals surface area contributed by atoms with Crippen molar-refractivity contribution in [2.45, 2.75) is 129 Å². The number of carboxylic acids is 1. The lowest BCUT2D eigenvalue weighted by molar-refractivity contribution is -0.929. The van der Waals surface area contributed by atoms with Crippen LogP contribution in [-0.4, -0.2) is 82.2 Å². The second kappa shape index (κ2) is 17.2. The highest BCUT2D eigenvalue weighted by Crippen LogP contribution is 2.50. The fourth-order valence-electron chi connectivity index (χ4n) is 5.42. The summed E-state index contributed by atoms with van der Waals surface area (Å²) in [5.74, 6) is -2.03. The van der Waals surface area contributed by atoms with Gasteiger partial charge in [0.2, 0.25) is 5.91 Å². The van der Waals surface area contributed by atoms with Crippen molar-refractivity contribution in [2.75, 3.05) is 32.8 Å². The van der Waals surface area contributed by atoms with E-state index in [0.29, 0.717) is 5.70 Å². The number of quaternary nitrogens is 1. The summed E-state index contributed by atoms with van der Waals surface area (Å²) in [7, 11) is 0. The van der Waals surface area contributed by atoms with Gasteiger partial charge in [0.15, 0.2) is 0 Å². The van der Waals surface area contributed by atoms with E-state index in [1.807, 2.05) is 0 Å². The first-order valence-corrected chi connectivity index (χ1v) is 16.0. The normalized spacial score (nSPS) is 21.9. The minimum Gasteiger partial charge on any atom is -0.548 e. The van der Waals surface area contributed by atoms with Crippen molar-refractivity contribution in [3.8, 4) is 0 Å².